The number of hydrogen-bond donors (Lipinski definition) is 2. The van der Waals surface area contributed by atoms with Gasteiger partial charge in [-0.05, 0) is 31.9 Å². The molecule has 1 heterocycles. The van der Waals surface area contributed by atoms with Gasteiger partial charge in [0.15, 0.2) is 0 Å². The van der Waals surface area contributed by atoms with E-state index >= 15 is 0 Å². The van der Waals surface area contributed by atoms with E-state index in [2.05, 4.69) is 0 Å². The molecule has 2 rings (SSSR count). The van der Waals surface area contributed by atoms with E-state index in [4.69, 9.17) is 11.5 Å². The topological polar surface area (TPSA) is 89.4 Å². The Morgan fingerprint density at radius 2 is 2.11 bits per heavy atom. The molecule has 5 nitrogen and oxygen atoms in total. The first-order valence-electron chi connectivity index (χ1n) is 5.97. The van der Waals surface area contributed by atoms with E-state index in [1.807, 2.05) is 13.0 Å². The molecule has 5 heteroatoms. The predicted octanol–water partition coefficient (Wildman–Crippen LogP) is 0.667. The number of carbonyl (C=O) groups is 2. The van der Waals surface area contributed by atoms with Gasteiger partial charge in [-0.15, -0.1) is 0 Å². The minimum atomic E-state index is -0.502. The third-order valence-electron chi connectivity index (χ3n) is 3.28. The molecule has 1 fully saturated rings. The van der Waals surface area contributed by atoms with E-state index in [9.17, 15) is 9.59 Å². The maximum Gasteiger partial charge on any atom is 0.256 e. The molecule has 1 saturated heterocycles. The van der Waals surface area contributed by atoms with Gasteiger partial charge in [-0.2, -0.15) is 0 Å². The zero-order chi connectivity index (χ0) is 13.3. The molecule has 2 amide bonds. The van der Waals surface area contributed by atoms with Gasteiger partial charge in [-0.1, -0.05) is 11.6 Å². The molecule has 0 radical (unpaired) electrons. The minimum Gasteiger partial charge on any atom is -0.398 e. The molecule has 0 saturated carbocycles. The molecule has 96 valence electrons. The highest BCUT2D eigenvalue weighted by atomic mass is 16.2. The third kappa shape index (κ3) is 2.16. The summed E-state index contributed by atoms with van der Waals surface area (Å²) in [7, 11) is 0. The van der Waals surface area contributed by atoms with Crippen LogP contribution in [0.25, 0.3) is 0 Å². The zero-order valence-corrected chi connectivity index (χ0v) is 10.3. The monoisotopic (exact) mass is 247 g/mol. The van der Waals surface area contributed by atoms with Crippen molar-refractivity contribution in [1.82, 2.24) is 4.90 Å². The number of nitrogen functional groups attached to an aromatic ring is 1. The van der Waals surface area contributed by atoms with Crippen LogP contribution >= 0.6 is 0 Å². The fourth-order valence-corrected chi connectivity index (χ4v) is 2.32. The number of nitrogens with zero attached hydrogens (tertiary/aromatic N) is 1. The first-order valence-corrected chi connectivity index (χ1v) is 5.97. The Hall–Kier alpha value is -2.04. The SMILES string of the molecule is Cc1ccc(N)c(C(=O)N2CCC[C@@H]2C(N)=O)c1. The van der Waals surface area contributed by atoms with Gasteiger partial charge in [0, 0.05) is 12.2 Å². The Morgan fingerprint density at radius 1 is 1.39 bits per heavy atom. The summed E-state index contributed by atoms with van der Waals surface area (Å²) in [5.41, 5.74) is 13.0. The molecule has 0 aliphatic carbocycles. The Kier molecular flexibility index (Phi) is 3.23. The fourth-order valence-electron chi connectivity index (χ4n) is 2.32. The number of carbonyl (C=O) groups excluding carboxylic acids is 2. The van der Waals surface area contributed by atoms with Crippen molar-refractivity contribution < 1.29 is 9.59 Å². The molecule has 18 heavy (non-hydrogen) atoms. The van der Waals surface area contributed by atoms with Gasteiger partial charge in [0.05, 0.1) is 5.56 Å². The van der Waals surface area contributed by atoms with Gasteiger partial charge >= 0.3 is 0 Å². The second-order valence-electron chi connectivity index (χ2n) is 4.65. The van der Waals surface area contributed by atoms with Crippen molar-refractivity contribution in [2.75, 3.05) is 12.3 Å². The van der Waals surface area contributed by atoms with E-state index in [1.165, 1.54) is 4.90 Å². The molecular formula is C13H17N3O2. The molecule has 0 unspecified atom stereocenters. The first kappa shape index (κ1) is 12.4. The summed E-state index contributed by atoms with van der Waals surface area (Å²) < 4.78 is 0. The fraction of sp³-hybridized carbons (Fsp3) is 0.385. The molecule has 1 aliphatic heterocycles. The maximum absolute atomic E-state index is 12.4. The van der Waals surface area contributed by atoms with E-state index in [0.29, 0.717) is 24.2 Å². The van der Waals surface area contributed by atoms with Crippen LogP contribution in [0.15, 0.2) is 18.2 Å². The summed E-state index contributed by atoms with van der Waals surface area (Å²) in [5, 5.41) is 0. The highest BCUT2D eigenvalue weighted by Crippen LogP contribution is 2.23. The number of likely N-dealkylation sites (tertiary alicyclic amines) is 1. The van der Waals surface area contributed by atoms with Crippen molar-refractivity contribution in [2.45, 2.75) is 25.8 Å². The van der Waals surface area contributed by atoms with E-state index in [-0.39, 0.29) is 5.91 Å². The molecule has 0 spiro atoms. The van der Waals surface area contributed by atoms with Crippen LogP contribution in [0.2, 0.25) is 0 Å². The summed E-state index contributed by atoms with van der Waals surface area (Å²) in [6.45, 7) is 2.45. The van der Waals surface area contributed by atoms with Crippen LogP contribution in [0.3, 0.4) is 0 Å². The molecule has 0 bridgehead atoms. The van der Waals surface area contributed by atoms with Crippen LogP contribution in [-0.4, -0.2) is 29.3 Å². The van der Waals surface area contributed by atoms with Crippen LogP contribution in [-0.2, 0) is 4.79 Å². The van der Waals surface area contributed by atoms with Gasteiger partial charge in [-0.25, -0.2) is 0 Å². The lowest BCUT2D eigenvalue weighted by Crippen LogP contribution is -2.43. The number of nitrogens with two attached hydrogens (primary N) is 2. The van der Waals surface area contributed by atoms with Crippen molar-refractivity contribution in [3.63, 3.8) is 0 Å². The number of benzene rings is 1. The van der Waals surface area contributed by atoms with Crippen molar-refractivity contribution in [3.8, 4) is 0 Å². The average molecular weight is 247 g/mol. The molecule has 4 N–H and O–H groups in total. The Morgan fingerprint density at radius 3 is 2.78 bits per heavy atom. The van der Waals surface area contributed by atoms with Gasteiger partial charge < -0.3 is 16.4 Å². The van der Waals surface area contributed by atoms with Gasteiger partial charge in [0.1, 0.15) is 6.04 Å². The van der Waals surface area contributed by atoms with E-state index in [0.717, 1.165) is 12.0 Å². The van der Waals surface area contributed by atoms with Crippen LogP contribution in [0.4, 0.5) is 5.69 Å². The third-order valence-corrected chi connectivity index (χ3v) is 3.28. The highest BCUT2D eigenvalue weighted by Gasteiger charge is 2.33. The Balaban J connectivity index is 2.31. The lowest BCUT2D eigenvalue weighted by atomic mass is 10.1. The normalized spacial score (nSPS) is 18.9. The lowest BCUT2D eigenvalue weighted by molar-refractivity contribution is -0.121. The summed E-state index contributed by atoms with van der Waals surface area (Å²) in [4.78, 5) is 25.2. The van der Waals surface area contributed by atoms with Crippen molar-refractivity contribution >= 4 is 17.5 Å². The summed E-state index contributed by atoms with van der Waals surface area (Å²) in [5.74, 6) is -0.662. The number of anilines is 1. The van der Waals surface area contributed by atoms with Crippen LogP contribution in [0.5, 0.6) is 0 Å². The van der Waals surface area contributed by atoms with Crippen LogP contribution < -0.4 is 11.5 Å². The second-order valence-corrected chi connectivity index (χ2v) is 4.65. The van der Waals surface area contributed by atoms with Crippen molar-refractivity contribution in [3.05, 3.63) is 29.3 Å². The number of rotatable bonds is 2. The van der Waals surface area contributed by atoms with Gasteiger partial charge in [-0.3, -0.25) is 9.59 Å². The Bertz CT molecular complexity index is 499. The van der Waals surface area contributed by atoms with Crippen LogP contribution in [0, 0.1) is 6.92 Å². The smallest absolute Gasteiger partial charge is 0.256 e. The second kappa shape index (κ2) is 4.68. The first-order chi connectivity index (χ1) is 8.50. The predicted molar refractivity (Wildman–Crippen MR) is 68.8 cm³/mol. The standard InChI is InChI=1S/C13H17N3O2/c1-8-4-5-10(14)9(7-8)13(18)16-6-2-3-11(16)12(15)17/h4-5,7,11H,2-3,6,14H2,1H3,(H2,15,17)/t11-/m1/s1. The summed E-state index contributed by atoms with van der Waals surface area (Å²) in [6.07, 6.45) is 1.43. The number of amides is 2. The zero-order valence-electron chi connectivity index (χ0n) is 10.3. The molecule has 0 aromatic heterocycles. The molecule has 1 atom stereocenters. The number of aryl methyl sites for hydroxylation is 1. The molecular weight excluding hydrogens is 230 g/mol. The Labute approximate surface area is 106 Å². The summed E-state index contributed by atoms with van der Waals surface area (Å²) in [6, 6.07) is 4.80. The largest absolute Gasteiger partial charge is 0.398 e. The molecule has 1 aromatic rings. The van der Waals surface area contributed by atoms with Crippen molar-refractivity contribution in [1.29, 1.82) is 0 Å². The van der Waals surface area contributed by atoms with Gasteiger partial charge in [0.2, 0.25) is 5.91 Å². The summed E-state index contributed by atoms with van der Waals surface area (Å²) >= 11 is 0. The molecule has 1 aliphatic rings. The lowest BCUT2D eigenvalue weighted by Gasteiger charge is -2.23. The van der Waals surface area contributed by atoms with E-state index < -0.39 is 11.9 Å². The minimum absolute atomic E-state index is 0.211. The maximum atomic E-state index is 12.4. The quantitative estimate of drug-likeness (QED) is 0.752. The number of primary amides is 1. The average Bonchev–Trinajstić information content (AvgIpc) is 2.80. The molecule has 1 aromatic carbocycles. The van der Waals surface area contributed by atoms with Gasteiger partial charge in [0.25, 0.3) is 5.91 Å². The highest BCUT2D eigenvalue weighted by molar-refractivity contribution is 6.01. The van der Waals surface area contributed by atoms with Crippen molar-refractivity contribution in [2.24, 2.45) is 5.73 Å². The number of hydrogen-bond acceptors (Lipinski definition) is 3. The van der Waals surface area contributed by atoms with E-state index in [1.54, 1.807) is 12.1 Å². The van der Waals surface area contributed by atoms with Crippen LogP contribution in [0.1, 0.15) is 28.8 Å².